The monoisotopic (exact) mass is 394 g/mol. The Kier molecular flexibility index (Phi) is 7.34. The molecule has 0 bridgehead atoms. The number of rotatable bonds is 9. The van der Waals surface area contributed by atoms with Gasteiger partial charge in [-0.25, -0.2) is 4.98 Å². The Hall–Kier alpha value is -2.50. The van der Waals surface area contributed by atoms with E-state index >= 15 is 0 Å². The first kappa shape index (κ1) is 20.2. The van der Waals surface area contributed by atoms with Crippen LogP contribution in [0.3, 0.4) is 0 Å². The van der Waals surface area contributed by atoms with Crippen molar-refractivity contribution in [2.24, 2.45) is 0 Å². The number of anilines is 1. The predicted octanol–water partition coefficient (Wildman–Crippen LogP) is 5.68. The fourth-order valence-corrected chi connectivity index (χ4v) is 3.62. The number of pyridine rings is 1. The van der Waals surface area contributed by atoms with Gasteiger partial charge < -0.3 is 15.2 Å². The lowest BCUT2D eigenvalue weighted by atomic mass is 10.0. The second kappa shape index (κ2) is 10.2. The standard InChI is InChI=1S/C23H26N2O2S/c1-3-28-19-11-9-17(10-12-19)18-15-21(20-7-4-5-8-22(20)26)25-23(16-18)24-13-6-14-27-2/h4-5,7-12,15-16,26H,3,6,13-14H2,1-2H3,(H,24,25). The molecule has 0 radical (unpaired) electrons. The van der Waals surface area contributed by atoms with Crippen LogP contribution in [0.25, 0.3) is 22.4 Å². The molecule has 0 atom stereocenters. The molecule has 0 unspecified atom stereocenters. The number of nitrogens with one attached hydrogen (secondary N) is 1. The molecular formula is C23H26N2O2S. The van der Waals surface area contributed by atoms with E-state index in [0.717, 1.165) is 46.9 Å². The first-order valence-electron chi connectivity index (χ1n) is 9.47. The van der Waals surface area contributed by atoms with Crippen molar-refractivity contribution in [2.45, 2.75) is 18.2 Å². The summed E-state index contributed by atoms with van der Waals surface area (Å²) >= 11 is 1.83. The van der Waals surface area contributed by atoms with Crippen molar-refractivity contribution >= 4 is 17.6 Å². The lowest BCUT2D eigenvalue weighted by Crippen LogP contribution is -2.06. The Bertz CT molecular complexity index is 897. The van der Waals surface area contributed by atoms with Gasteiger partial charge in [0.2, 0.25) is 0 Å². The number of hydrogen-bond acceptors (Lipinski definition) is 5. The van der Waals surface area contributed by atoms with Crippen LogP contribution in [-0.2, 0) is 4.74 Å². The molecule has 3 rings (SSSR count). The maximum Gasteiger partial charge on any atom is 0.127 e. The zero-order valence-electron chi connectivity index (χ0n) is 16.3. The summed E-state index contributed by atoms with van der Waals surface area (Å²) in [6.45, 7) is 3.63. The average molecular weight is 395 g/mol. The van der Waals surface area contributed by atoms with Crippen molar-refractivity contribution in [3.8, 4) is 28.1 Å². The number of ether oxygens (including phenoxy) is 1. The van der Waals surface area contributed by atoms with Gasteiger partial charge >= 0.3 is 0 Å². The molecule has 1 aromatic heterocycles. The molecule has 28 heavy (non-hydrogen) atoms. The van der Waals surface area contributed by atoms with Crippen LogP contribution in [0.5, 0.6) is 5.75 Å². The number of aromatic nitrogens is 1. The van der Waals surface area contributed by atoms with Gasteiger partial charge in [0.1, 0.15) is 11.6 Å². The summed E-state index contributed by atoms with van der Waals surface area (Å²) in [6.07, 6.45) is 0.900. The van der Waals surface area contributed by atoms with E-state index in [1.54, 1.807) is 13.2 Å². The number of para-hydroxylation sites is 1. The number of phenolic OH excluding ortho intramolecular Hbond substituents is 1. The second-order valence-corrected chi connectivity index (χ2v) is 7.71. The van der Waals surface area contributed by atoms with Crippen LogP contribution in [0.2, 0.25) is 0 Å². The van der Waals surface area contributed by atoms with Crippen molar-refractivity contribution in [3.05, 3.63) is 60.7 Å². The summed E-state index contributed by atoms with van der Waals surface area (Å²) in [5.74, 6) is 2.08. The number of thioether (sulfide) groups is 1. The van der Waals surface area contributed by atoms with E-state index in [9.17, 15) is 5.11 Å². The Morgan fingerprint density at radius 1 is 1.04 bits per heavy atom. The summed E-state index contributed by atoms with van der Waals surface area (Å²) in [6, 6.07) is 19.9. The largest absolute Gasteiger partial charge is 0.507 e. The van der Waals surface area contributed by atoms with Crippen LogP contribution in [0.15, 0.2) is 65.6 Å². The number of phenols is 1. The summed E-state index contributed by atoms with van der Waals surface area (Å²) in [5.41, 5.74) is 3.66. The van der Waals surface area contributed by atoms with Gasteiger partial charge in [-0.15, -0.1) is 11.8 Å². The van der Waals surface area contributed by atoms with E-state index in [2.05, 4.69) is 42.6 Å². The van der Waals surface area contributed by atoms with Crippen molar-refractivity contribution in [3.63, 3.8) is 0 Å². The third-order valence-electron chi connectivity index (χ3n) is 4.34. The molecule has 0 spiro atoms. The average Bonchev–Trinajstić information content (AvgIpc) is 2.72. The molecule has 0 aliphatic heterocycles. The van der Waals surface area contributed by atoms with E-state index < -0.39 is 0 Å². The highest BCUT2D eigenvalue weighted by atomic mass is 32.2. The van der Waals surface area contributed by atoms with Crippen molar-refractivity contribution in [1.82, 2.24) is 4.98 Å². The molecular weight excluding hydrogens is 368 g/mol. The lowest BCUT2D eigenvalue weighted by molar-refractivity contribution is 0.198. The molecule has 0 saturated carbocycles. The first-order valence-corrected chi connectivity index (χ1v) is 10.5. The minimum Gasteiger partial charge on any atom is -0.507 e. The Labute approximate surface area is 171 Å². The Balaban J connectivity index is 1.95. The molecule has 0 fully saturated rings. The zero-order chi connectivity index (χ0) is 19.8. The Morgan fingerprint density at radius 3 is 2.54 bits per heavy atom. The highest BCUT2D eigenvalue weighted by Gasteiger charge is 2.10. The van der Waals surface area contributed by atoms with Gasteiger partial charge in [0.15, 0.2) is 0 Å². The summed E-state index contributed by atoms with van der Waals surface area (Å²) in [5, 5.41) is 13.7. The van der Waals surface area contributed by atoms with Gasteiger partial charge in [-0.2, -0.15) is 0 Å². The van der Waals surface area contributed by atoms with Crippen LogP contribution in [0.4, 0.5) is 5.82 Å². The molecule has 0 saturated heterocycles. The molecule has 5 heteroatoms. The minimum atomic E-state index is 0.229. The molecule has 0 aliphatic rings. The number of nitrogens with zero attached hydrogens (tertiary/aromatic N) is 1. The SMILES string of the molecule is CCSc1ccc(-c2cc(NCCCOC)nc(-c3ccccc3O)c2)cc1. The van der Waals surface area contributed by atoms with Gasteiger partial charge in [0, 0.05) is 30.7 Å². The molecule has 1 heterocycles. The van der Waals surface area contributed by atoms with E-state index in [0.29, 0.717) is 6.61 Å². The predicted molar refractivity (Wildman–Crippen MR) is 118 cm³/mol. The highest BCUT2D eigenvalue weighted by Crippen LogP contribution is 2.33. The quantitative estimate of drug-likeness (QED) is 0.361. The lowest BCUT2D eigenvalue weighted by Gasteiger charge is -2.12. The van der Waals surface area contributed by atoms with Crippen LogP contribution in [-0.4, -0.2) is 36.1 Å². The topological polar surface area (TPSA) is 54.4 Å². The fourth-order valence-electron chi connectivity index (χ4n) is 2.96. The molecule has 3 aromatic rings. The van der Waals surface area contributed by atoms with Crippen molar-refractivity contribution in [1.29, 1.82) is 0 Å². The first-order chi connectivity index (χ1) is 13.7. The highest BCUT2D eigenvalue weighted by molar-refractivity contribution is 7.99. The maximum atomic E-state index is 10.3. The number of methoxy groups -OCH3 is 1. The van der Waals surface area contributed by atoms with Gasteiger partial charge in [-0.1, -0.05) is 31.2 Å². The van der Waals surface area contributed by atoms with Crippen LogP contribution in [0.1, 0.15) is 13.3 Å². The number of hydrogen-bond donors (Lipinski definition) is 2. The van der Waals surface area contributed by atoms with E-state index in [4.69, 9.17) is 9.72 Å². The van der Waals surface area contributed by atoms with E-state index in [1.807, 2.05) is 36.0 Å². The van der Waals surface area contributed by atoms with Gasteiger partial charge in [-0.05, 0) is 59.7 Å². The normalized spacial score (nSPS) is 10.8. The zero-order valence-corrected chi connectivity index (χ0v) is 17.1. The molecule has 4 nitrogen and oxygen atoms in total. The van der Waals surface area contributed by atoms with Crippen molar-refractivity contribution < 1.29 is 9.84 Å². The summed E-state index contributed by atoms with van der Waals surface area (Å²) in [4.78, 5) is 5.98. The van der Waals surface area contributed by atoms with Crippen LogP contribution >= 0.6 is 11.8 Å². The fraction of sp³-hybridized carbons (Fsp3) is 0.261. The second-order valence-electron chi connectivity index (χ2n) is 6.37. The van der Waals surface area contributed by atoms with Crippen LogP contribution < -0.4 is 5.32 Å². The third-order valence-corrected chi connectivity index (χ3v) is 5.23. The van der Waals surface area contributed by atoms with Crippen LogP contribution in [0, 0.1) is 0 Å². The smallest absolute Gasteiger partial charge is 0.127 e. The summed E-state index contributed by atoms with van der Waals surface area (Å²) < 4.78 is 5.12. The van der Waals surface area contributed by atoms with E-state index in [-0.39, 0.29) is 5.75 Å². The molecule has 146 valence electrons. The molecule has 2 aromatic carbocycles. The third kappa shape index (κ3) is 5.27. The van der Waals surface area contributed by atoms with Gasteiger partial charge in [0.05, 0.1) is 5.69 Å². The number of aromatic hydroxyl groups is 1. The number of benzene rings is 2. The minimum absolute atomic E-state index is 0.229. The molecule has 0 aliphatic carbocycles. The van der Waals surface area contributed by atoms with Gasteiger partial charge in [-0.3, -0.25) is 0 Å². The van der Waals surface area contributed by atoms with E-state index in [1.165, 1.54) is 4.90 Å². The summed E-state index contributed by atoms with van der Waals surface area (Å²) in [7, 11) is 1.70. The van der Waals surface area contributed by atoms with Gasteiger partial charge in [0.25, 0.3) is 0 Å². The Morgan fingerprint density at radius 2 is 1.82 bits per heavy atom. The molecule has 0 amide bonds. The molecule has 2 N–H and O–H groups in total. The van der Waals surface area contributed by atoms with Crippen molar-refractivity contribution in [2.75, 3.05) is 31.3 Å². The maximum absolute atomic E-state index is 10.3.